The van der Waals surface area contributed by atoms with Gasteiger partial charge in [0.2, 0.25) is 0 Å². The fourth-order valence-corrected chi connectivity index (χ4v) is 4.91. The van der Waals surface area contributed by atoms with Gasteiger partial charge in [-0.2, -0.15) is 0 Å². The summed E-state index contributed by atoms with van der Waals surface area (Å²) in [6.45, 7) is 8.34. The number of carboxylic acids is 1. The summed E-state index contributed by atoms with van der Waals surface area (Å²) < 4.78 is 0. The van der Waals surface area contributed by atoms with Crippen molar-refractivity contribution in [3.63, 3.8) is 0 Å². The predicted octanol–water partition coefficient (Wildman–Crippen LogP) is 5.50. The van der Waals surface area contributed by atoms with Gasteiger partial charge in [0.1, 0.15) is 5.41 Å². The summed E-state index contributed by atoms with van der Waals surface area (Å²) in [4.78, 5) is 15.3. The largest absolute Gasteiger partial charge is 0.481 e. The molecule has 0 bridgehead atoms. The van der Waals surface area contributed by atoms with E-state index < -0.39 is 11.4 Å². The van der Waals surface area contributed by atoms with Crippen molar-refractivity contribution in [3.8, 4) is 0 Å². The van der Waals surface area contributed by atoms with E-state index in [1.807, 2.05) is 24.3 Å². The number of hydrogen-bond donors (Lipinski definition) is 1. The van der Waals surface area contributed by atoms with E-state index in [9.17, 15) is 9.90 Å². The van der Waals surface area contributed by atoms with Crippen LogP contribution in [0.15, 0.2) is 42.5 Å². The van der Waals surface area contributed by atoms with Gasteiger partial charge in [0.05, 0.1) is 0 Å². The lowest BCUT2D eigenvalue weighted by Gasteiger charge is -2.47. The number of carboxylic acid groups (broad SMARTS) is 1. The topological polar surface area (TPSA) is 40.5 Å². The minimum atomic E-state index is -0.910. The highest BCUT2D eigenvalue weighted by atomic mass is 35.5. The molecule has 3 nitrogen and oxygen atoms in total. The standard InChI is InChI=1S/C23H31NO2.ClH/c1-4-17(2)23(22(25)26,18(3)24-15-8-5-9-16-24)21-14-10-12-19-11-6-7-13-20(19)21;/h6-7,10-14,17-18H,4-5,8-9,15-16H2,1-3H3,(H,25,26);1H. The molecule has 27 heavy (non-hydrogen) atoms. The van der Waals surface area contributed by atoms with Crippen LogP contribution in [-0.4, -0.2) is 35.1 Å². The molecule has 0 saturated carbocycles. The third kappa shape index (κ3) is 3.72. The molecule has 1 fully saturated rings. The number of piperidine rings is 1. The SMILES string of the molecule is CCC(C)C(C(=O)O)(c1cccc2ccccc12)C(C)N1CCCCC1.Cl. The Hall–Kier alpha value is -1.58. The highest BCUT2D eigenvalue weighted by Gasteiger charge is 2.51. The number of aliphatic carboxylic acids is 1. The summed E-state index contributed by atoms with van der Waals surface area (Å²) in [5.74, 6) is -0.649. The molecule has 2 aromatic rings. The van der Waals surface area contributed by atoms with Crippen LogP contribution in [0, 0.1) is 5.92 Å². The first-order valence-electron chi connectivity index (χ1n) is 9.99. The van der Waals surface area contributed by atoms with Gasteiger partial charge < -0.3 is 5.11 Å². The van der Waals surface area contributed by atoms with Crippen LogP contribution in [0.4, 0.5) is 0 Å². The number of fused-ring (bicyclic) bond motifs is 1. The number of rotatable bonds is 6. The normalized spacial score (nSPS) is 19.7. The van der Waals surface area contributed by atoms with Gasteiger partial charge in [0.15, 0.2) is 0 Å². The maximum atomic E-state index is 12.9. The molecule has 1 aliphatic heterocycles. The van der Waals surface area contributed by atoms with E-state index in [4.69, 9.17) is 0 Å². The van der Waals surface area contributed by atoms with Crippen molar-refractivity contribution in [1.82, 2.24) is 4.90 Å². The zero-order valence-electron chi connectivity index (χ0n) is 16.6. The molecule has 0 amide bonds. The van der Waals surface area contributed by atoms with Crippen LogP contribution >= 0.6 is 12.4 Å². The van der Waals surface area contributed by atoms with Gasteiger partial charge in [0, 0.05) is 6.04 Å². The van der Waals surface area contributed by atoms with Crippen LogP contribution in [0.3, 0.4) is 0 Å². The van der Waals surface area contributed by atoms with Crippen molar-refractivity contribution in [3.05, 3.63) is 48.0 Å². The first-order valence-corrected chi connectivity index (χ1v) is 9.99. The van der Waals surface area contributed by atoms with Gasteiger partial charge in [-0.1, -0.05) is 69.2 Å². The van der Waals surface area contributed by atoms with Gasteiger partial charge in [-0.05, 0) is 55.1 Å². The average molecular weight is 390 g/mol. The molecule has 3 unspecified atom stereocenters. The van der Waals surface area contributed by atoms with E-state index >= 15 is 0 Å². The Morgan fingerprint density at radius 3 is 2.33 bits per heavy atom. The Labute approximate surface area is 169 Å². The van der Waals surface area contributed by atoms with E-state index in [2.05, 4.69) is 43.9 Å². The molecule has 0 aromatic heterocycles. The molecule has 3 rings (SSSR count). The summed E-state index contributed by atoms with van der Waals surface area (Å²) in [7, 11) is 0. The van der Waals surface area contributed by atoms with Crippen molar-refractivity contribution in [2.75, 3.05) is 13.1 Å². The fourth-order valence-electron chi connectivity index (χ4n) is 4.91. The number of hydrogen-bond acceptors (Lipinski definition) is 2. The maximum absolute atomic E-state index is 12.9. The van der Waals surface area contributed by atoms with Gasteiger partial charge in [-0.15, -0.1) is 12.4 Å². The molecule has 2 aromatic carbocycles. The lowest BCUT2D eigenvalue weighted by Crippen LogP contribution is -2.58. The van der Waals surface area contributed by atoms with Crippen molar-refractivity contribution >= 4 is 29.1 Å². The number of nitrogens with zero attached hydrogens (tertiary/aromatic N) is 1. The van der Waals surface area contributed by atoms with E-state index in [0.29, 0.717) is 0 Å². The van der Waals surface area contributed by atoms with Crippen LogP contribution in [0.5, 0.6) is 0 Å². The second-order valence-corrected chi connectivity index (χ2v) is 7.78. The lowest BCUT2D eigenvalue weighted by molar-refractivity contribution is -0.150. The van der Waals surface area contributed by atoms with Crippen LogP contribution in [0.2, 0.25) is 0 Å². The molecule has 0 radical (unpaired) electrons. The quantitative estimate of drug-likeness (QED) is 0.708. The molecule has 1 saturated heterocycles. The molecule has 0 spiro atoms. The Morgan fingerprint density at radius 1 is 1.07 bits per heavy atom. The zero-order chi connectivity index (χ0) is 18.7. The van der Waals surface area contributed by atoms with E-state index in [1.165, 1.54) is 6.42 Å². The number of carbonyl (C=O) groups is 1. The maximum Gasteiger partial charge on any atom is 0.316 e. The molecule has 0 aliphatic carbocycles. The number of halogens is 1. The van der Waals surface area contributed by atoms with E-state index in [0.717, 1.165) is 48.7 Å². The third-order valence-electron chi connectivity index (χ3n) is 6.58. The Balaban J connectivity index is 0.00000261. The van der Waals surface area contributed by atoms with Crippen LogP contribution in [0.25, 0.3) is 10.8 Å². The van der Waals surface area contributed by atoms with Crippen LogP contribution in [-0.2, 0) is 10.2 Å². The first-order chi connectivity index (χ1) is 12.5. The van der Waals surface area contributed by atoms with E-state index in [1.54, 1.807) is 0 Å². The molecule has 1 heterocycles. The first kappa shape index (κ1) is 21.7. The zero-order valence-corrected chi connectivity index (χ0v) is 17.5. The molecule has 1 N–H and O–H groups in total. The second-order valence-electron chi connectivity index (χ2n) is 7.78. The molecular weight excluding hydrogens is 358 g/mol. The minimum Gasteiger partial charge on any atom is -0.481 e. The smallest absolute Gasteiger partial charge is 0.316 e. The second kappa shape index (κ2) is 9.07. The lowest BCUT2D eigenvalue weighted by atomic mass is 9.63. The highest BCUT2D eigenvalue weighted by molar-refractivity contribution is 5.94. The minimum absolute atomic E-state index is 0. The molecule has 148 valence electrons. The molecule has 3 atom stereocenters. The van der Waals surface area contributed by atoms with Crippen molar-refractivity contribution < 1.29 is 9.90 Å². The molecular formula is C23H32ClNO2. The van der Waals surface area contributed by atoms with Crippen molar-refractivity contribution in [1.29, 1.82) is 0 Å². The third-order valence-corrected chi connectivity index (χ3v) is 6.58. The Morgan fingerprint density at radius 2 is 1.70 bits per heavy atom. The Kier molecular flexibility index (Phi) is 7.30. The van der Waals surface area contributed by atoms with Crippen molar-refractivity contribution in [2.45, 2.75) is 57.9 Å². The molecule has 4 heteroatoms. The number of benzene rings is 2. The highest BCUT2D eigenvalue weighted by Crippen LogP contribution is 2.43. The summed E-state index contributed by atoms with van der Waals surface area (Å²) in [6.07, 6.45) is 4.42. The van der Waals surface area contributed by atoms with E-state index in [-0.39, 0.29) is 24.4 Å². The van der Waals surface area contributed by atoms with Gasteiger partial charge in [0.25, 0.3) is 0 Å². The predicted molar refractivity (Wildman–Crippen MR) is 115 cm³/mol. The average Bonchev–Trinajstić information content (AvgIpc) is 2.68. The monoisotopic (exact) mass is 389 g/mol. The van der Waals surface area contributed by atoms with Gasteiger partial charge >= 0.3 is 5.97 Å². The fraction of sp³-hybridized carbons (Fsp3) is 0.522. The summed E-state index contributed by atoms with van der Waals surface area (Å²) in [5.41, 5.74) is 0.0583. The van der Waals surface area contributed by atoms with Crippen molar-refractivity contribution in [2.24, 2.45) is 5.92 Å². The summed E-state index contributed by atoms with van der Waals surface area (Å²) >= 11 is 0. The number of likely N-dealkylation sites (tertiary alicyclic amines) is 1. The summed E-state index contributed by atoms with van der Waals surface area (Å²) in [6, 6.07) is 14.3. The van der Waals surface area contributed by atoms with Gasteiger partial charge in [-0.25, -0.2) is 0 Å². The molecule has 1 aliphatic rings. The van der Waals surface area contributed by atoms with Gasteiger partial charge in [-0.3, -0.25) is 9.69 Å². The summed E-state index contributed by atoms with van der Waals surface area (Å²) in [5, 5.41) is 12.8. The van der Waals surface area contributed by atoms with Crippen LogP contribution < -0.4 is 0 Å². The Bertz CT molecular complexity index is 767. The van der Waals surface area contributed by atoms with Crippen LogP contribution in [0.1, 0.15) is 52.0 Å².